The molecule has 5 heteroatoms. The van der Waals surface area contributed by atoms with Gasteiger partial charge in [-0.25, -0.2) is 4.79 Å². The van der Waals surface area contributed by atoms with E-state index in [1.165, 1.54) is 6.07 Å². The van der Waals surface area contributed by atoms with Gasteiger partial charge in [0.05, 0.1) is 17.7 Å². The maximum absolute atomic E-state index is 11.0. The first kappa shape index (κ1) is 11.4. The Morgan fingerprint density at radius 1 is 1.56 bits per heavy atom. The molecule has 1 aromatic rings. The van der Waals surface area contributed by atoms with Crippen LogP contribution in [0.3, 0.4) is 0 Å². The van der Waals surface area contributed by atoms with E-state index < -0.39 is 5.97 Å². The van der Waals surface area contributed by atoms with Gasteiger partial charge in [-0.1, -0.05) is 6.07 Å². The van der Waals surface area contributed by atoms with E-state index in [1.807, 2.05) is 0 Å². The van der Waals surface area contributed by atoms with Crippen LogP contribution in [0.1, 0.15) is 16.8 Å². The molecule has 1 atom stereocenters. The third-order valence-electron chi connectivity index (χ3n) is 2.37. The SMILES string of the molecule is O=C(O)c1cccc(Br)c1OC1CCOC1. The quantitative estimate of drug-likeness (QED) is 0.927. The molecule has 16 heavy (non-hydrogen) atoms. The summed E-state index contributed by atoms with van der Waals surface area (Å²) in [5.41, 5.74) is 0.168. The van der Waals surface area contributed by atoms with Crippen LogP contribution in [0.4, 0.5) is 0 Å². The molecule has 0 aliphatic carbocycles. The van der Waals surface area contributed by atoms with Gasteiger partial charge >= 0.3 is 5.97 Å². The van der Waals surface area contributed by atoms with Crippen molar-refractivity contribution in [3.05, 3.63) is 28.2 Å². The van der Waals surface area contributed by atoms with Crippen molar-refractivity contribution >= 4 is 21.9 Å². The number of carboxylic acids is 1. The van der Waals surface area contributed by atoms with Gasteiger partial charge in [-0.3, -0.25) is 0 Å². The topological polar surface area (TPSA) is 55.8 Å². The highest BCUT2D eigenvalue weighted by Crippen LogP contribution is 2.31. The standard InChI is InChI=1S/C11H11BrO4/c12-9-3-1-2-8(11(13)14)10(9)16-7-4-5-15-6-7/h1-3,7H,4-6H2,(H,13,14). The van der Waals surface area contributed by atoms with Crippen LogP contribution in [-0.4, -0.2) is 30.4 Å². The summed E-state index contributed by atoms with van der Waals surface area (Å²) in [6.07, 6.45) is 0.734. The van der Waals surface area contributed by atoms with Gasteiger partial charge in [0, 0.05) is 6.42 Å². The van der Waals surface area contributed by atoms with Crippen LogP contribution in [0.15, 0.2) is 22.7 Å². The number of aromatic carboxylic acids is 1. The molecular weight excluding hydrogens is 276 g/mol. The number of halogens is 1. The predicted octanol–water partition coefficient (Wildman–Crippen LogP) is 2.32. The van der Waals surface area contributed by atoms with Crippen LogP contribution in [0.25, 0.3) is 0 Å². The second-order valence-corrected chi connectivity index (χ2v) is 4.38. The zero-order valence-corrected chi connectivity index (χ0v) is 10.1. The maximum atomic E-state index is 11.0. The molecule has 1 N–H and O–H groups in total. The lowest BCUT2D eigenvalue weighted by molar-refractivity contribution is 0.0687. The highest BCUT2D eigenvalue weighted by molar-refractivity contribution is 9.10. The largest absolute Gasteiger partial charge is 0.486 e. The molecule has 0 bridgehead atoms. The van der Waals surface area contributed by atoms with Crippen LogP contribution < -0.4 is 4.74 Å². The van der Waals surface area contributed by atoms with Crippen molar-refractivity contribution in [2.75, 3.05) is 13.2 Å². The summed E-state index contributed by atoms with van der Waals surface area (Å²) in [6.45, 7) is 1.18. The minimum atomic E-state index is -0.991. The van der Waals surface area contributed by atoms with E-state index in [1.54, 1.807) is 12.1 Å². The van der Waals surface area contributed by atoms with Gasteiger partial charge in [-0.15, -0.1) is 0 Å². The smallest absolute Gasteiger partial charge is 0.339 e. The summed E-state index contributed by atoms with van der Waals surface area (Å²) in [5.74, 6) is -0.610. The number of benzene rings is 1. The molecular formula is C11H11BrO4. The molecule has 0 aromatic heterocycles. The van der Waals surface area contributed by atoms with E-state index in [0.717, 1.165) is 6.42 Å². The number of ether oxygens (including phenoxy) is 2. The molecule has 0 spiro atoms. The lowest BCUT2D eigenvalue weighted by Crippen LogP contribution is -2.17. The predicted molar refractivity (Wildman–Crippen MR) is 61.0 cm³/mol. The van der Waals surface area contributed by atoms with Crippen LogP contribution in [-0.2, 0) is 4.74 Å². The van der Waals surface area contributed by atoms with E-state index in [4.69, 9.17) is 14.6 Å². The average molecular weight is 287 g/mol. The van der Waals surface area contributed by atoms with Crippen molar-refractivity contribution in [1.82, 2.24) is 0 Å². The first-order valence-electron chi connectivity index (χ1n) is 4.94. The van der Waals surface area contributed by atoms with Crippen molar-refractivity contribution in [3.63, 3.8) is 0 Å². The minimum absolute atomic E-state index is 0.0585. The third-order valence-corrected chi connectivity index (χ3v) is 2.99. The number of rotatable bonds is 3. The highest BCUT2D eigenvalue weighted by Gasteiger charge is 2.22. The molecule has 0 amide bonds. The molecule has 1 aliphatic heterocycles. The summed E-state index contributed by atoms with van der Waals surface area (Å²) < 4.78 is 11.5. The Labute approximate surface area is 101 Å². The van der Waals surface area contributed by atoms with Gasteiger partial charge in [-0.2, -0.15) is 0 Å². The second kappa shape index (κ2) is 4.84. The fourth-order valence-electron chi connectivity index (χ4n) is 1.57. The third kappa shape index (κ3) is 2.36. The van der Waals surface area contributed by atoms with E-state index in [-0.39, 0.29) is 11.7 Å². The molecule has 1 aliphatic rings. The van der Waals surface area contributed by atoms with E-state index in [2.05, 4.69) is 15.9 Å². The number of para-hydroxylation sites is 1. The fraction of sp³-hybridized carbons (Fsp3) is 0.364. The molecule has 2 rings (SSSR count). The average Bonchev–Trinajstić information content (AvgIpc) is 2.73. The molecule has 1 fully saturated rings. The number of hydrogen-bond donors (Lipinski definition) is 1. The zero-order chi connectivity index (χ0) is 11.5. The van der Waals surface area contributed by atoms with Gasteiger partial charge < -0.3 is 14.6 Å². The molecule has 0 radical (unpaired) electrons. The van der Waals surface area contributed by atoms with Gasteiger partial charge in [0.25, 0.3) is 0 Å². The number of carbonyl (C=O) groups is 1. The van der Waals surface area contributed by atoms with Crippen LogP contribution >= 0.6 is 15.9 Å². The summed E-state index contributed by atoms with van der Waals surface area (Å²) in [7, 11) is 0. The molecule has 0 saturated carbocycles. The van der Waals surface area contributed by atoms with Crippen LogP contribution in [0.5, 0.6) is 5.75 Å². The Bertz CT molecular complexity index is 399. The summed E-state index contributed by atoms with van der Waals surface area (Å²) in [5, 5.41) is 9.03. The van der Waals surface area contributed by atoms with Crippen molar-refractivity contribution in [2.24, 2.45) is 0 Å². The van der Waals surface area contributed by atoms with Crippen molar-refractivity contribution in [2.45, 2.75) is 12.5 Å². The highest BCUT2D eigenvalue weighted by atomic mass is 79.9. The first-order chi connectivity index (χ1) is 7.68. The lowest BCUT2D eigenvalue weighted by atomic mass is 10.2. The Kier molecular flexibility index (Phi) is 3.46. The Hall–Kier alpha value is -1.07. The van der Waals surface area contributed by atoms with Gasteiger partial charge in [-0.05, 0) is 28.1 Å². The zero-order valence-electron chi connectivity index (χ0n) is 8.48. The summed E-state index contributed by atoms with van der Waals surface area (Å²) >= 11 is 3.29. The summed E-state index contributed by atoms with van der Waals surface area (Å²) in [6, 6.07) is 4.96. The van der Waals surface area contributed by atoms with Gasteiger partial charge in [0.15, 0.2) is 0 Å². The van der Waals surface area contributed by atoms with Crippen LogP contribution in [0.2, 0.25) is 0 Å². The van der Waals surface area contributed by atoms with Crippen LogP contribution in [0, 0.1) is 0 Å². The Balaban J connectivity index is 2.26. The van der Waals surface area contributed by atoms with Crippen molar-refractivity contribution in [3.8, 4) is 5.75 Å². The maximum Gasteiger partial charge on any atom is 0.339 e. The molecule has 86 valence electrons. The Morgan fingerprint density at radius 3 is 3.00 bits per heavy atom. The second-order valence-electron chi connectivity index (χ2n) is 3.53. The lowest BCUT2D eigenvalue weighted by Gasteiger charge is -2.15. The summed E-state index contributed by atoms with van der Waals surface area (Å²) in [4.78, 5) is 11.0. The fourth-order valence-corrected chi connectivity index (χ4v) is 2.03. The normalized spacial score (nSPS) is 19.7. The number of hydrogen-bond acceptors (Lipinski definition) is 3. The molecule has 4 nitrogen and oxygen atoms in total. The van der Waals surface area contributed by atoms with Gasteiger partial charge in [0.2, 0.25) is 0 Å². The van der Waals surface area contributed by atoms with E-state index >= 15 is 0 Å². The first-order valence-corrected chi connectivity index (χ1v) is 5.74. The number of carboxylic acid groups (broad SMARTS) is 1. The molecule has 1 saturated heterocycles. The monoisotopic (exact) mass is 286 g/mol. The van der Waals surface area contributed by atoms with E-state index in [9.17, 15) is 4.79 Å². The minimum Gasteiger partial charge on any atom is -0.486 e. The molecule has 1 heterocycles. The van der Waals surface area contributed by atoms with Crippen molar-refractivity contribution < 1.29 is 19.4 Å². The Morgan fingerprint density at radius 2 is 2.38 bits per heavy atom. The molecule has 1 unspecified atom stereocenters. The molecule has 1 aromatic carbocycles. The van der Waals surface area contributed by atoms with Gasteiger partial charge in [0.1, 0.15) is 17.4 Å². The van der Waals surface area contributed by atoms with Crippen molar-refractivity contribution in [1.29, 1.82) is 0 Å². The van der Waals surface area contributed by atoms with E-state index in [0.29, 0.717) is 23.4 Å².